The van der Waals surface area contributed by atoms with Crippen molar-refractivity contribution in [2.45, 2.75) is 58.5 Å². The second kappa shape index (κ2) is 10.9. The molecule has 1 unspecified atom stereocenters. The molecule has 1 aromatic carbocycles. The Kier molecular flexibility index (Phi) is 8.58. The lowest BCUT2D eigenvalue weighted by Crippen LogP contribution is -2.29. The zero-order valence-electron chi connectivity index (χ0n) is 17.1. The number of rotatable bonds is 9. The number of ketones is 1. The minimum absolute atomic E-state index is 0.102. The third kappa shape index (κ3) is 6.71. The lowest BCUT2D eigenvalue weighted by molar-refractivity contribution is -0.487. The Morgan fingerprint density at radius 3 is 2.39 bits per heavy atom. The third-order valence-electron chi connectivity index (χ3n) is 5.53. The molecule has 0 amide bonds. The molecule has 0 aliphatic heterocycles. The Morgan fingerprint density at radius 1 is 1.21 bits per heavy atom. The maximum atomic E-state index is 12.1. The molecule has 0 radical (unpaired) electrons. The van der Waals surface area contributed by atoms with Crippen molar-refractivity contribution in [2.75, 3.05) is 13.2 Å². The van der Waals surface area contributed by atoms with Crippen molar-refractivity contribution < 1.29 is 14.5 Å². The molecule has 1 fully saturated rings. The van der Waals surface area contributed by atoms with E-state index in [4.69, 9.17) is 4.74 Å². The fraction of sp³-hybridized carbons (Fsp3) is 0.522. The quantitative estimate of drug-likeness (QED) is 0.256. The second-order valence-electron chi connectivity index (χ2n) is 7.62. The Bertz CT molecular complexity index is 715. The summed E-state index contributed by atoms with van der Waals surface area (Å²) in [5, 5.41) is 11.1. The van der Waals surface area contributed by atoms with Crippen LogP contribution in [0.4, 0.5) is 0 Å². The van der Waals surface area contributed by atoms with Gasteiger partial charge in [-0.15, -0.1) is 0 Å². The fourth-order valence-corrected chi connectivity index (χ4v) is 3.80. The van der Waals surface area contributed by atoms with E-state index in [0.717, 1.165) is 31.3 Å². The summed E-state index contributed by atoms with van der Waals surface area (Å²) >= 11 is 0. The van der Waals surface area contributed by atoms with Crippen LogP contribution in [0.15, 0.2) is 53.6 Å². The Labute approximate surface area is 167 Å². The maximum Gasteiger partial charge on any atom is 0.213 e. The number of nitrogens with zero attached hydrogens (tertiary/aromatic N) is 1. The normalized spacial score (nSPS) is 22.0. The van der Waals surface area contributed by atoms with Gasteiger partial charge in [0.15, 0.2) is 5.78 Å². The molecule has 0 heterocycles. The van der Waals surface area contributed by atoms with Gasteiger partial charge in [0.05, 0.1) is 18.6 Å². The van der Waals surface area contributed by atoms with E-state index in [1.165, 1.54) is 12.5 Å². The van der Waals surface area contributed by atoms with Crippen LogP contribution in [0.25, 0.3) is 0 Å². The second-order valence-corrected chi connectivity index (χ2v) is 7.62. The molecule has 28 heavy (non-hydrogen) atoms. The van der Waals surface area contributed by atoms with Crippen LogP contribution in [0.1, 0.15) is 57.9 Å². The van der Waals surface area contributed by atoms with Gasteiger partial charge in [0, 0.05) is 10.5 Å². The first-order chi connectivity index (χ1) is 13.4. The molecule has 0 aromatic heterocycles. The zero-order valence-corrected chi connectivity index (χ0v) is 17.1. The minimum Gasteiger partial charge on any atom is -0.377 e. The molecule has 0 spiro atoms. The van der Waals surface area contributed by atoms with Gasteiger partial charge >= 0.3 is 0 Å². The number of hydrogen-bond acceptors (Lipinski definition) is 4. The van der Waals surface area contributed by atoms with Crippen LogP contribution in [0.2, 0.25) is 0 Å². The number of carbonyl (C=O) groups excluding carboxylic acids is 1. The van der Waals surface area contributed by atoms with Gasteiger partial charge in [-0.3, -0.25) is 14.9 Å². The van der Waals surface area contributed by atoms with E-state index in [-0.39, 0.29) is 30.0 Å². The molecule has 5 nitrogen and oxygen atoms in total. The molecule has 2 rings (SSSR count). The van der Waals surface area contributed by atoms with E-state index in [2.05, 4.69) is 24.3 Å². The monoisotopic (exact) mass is 385 g/mol. The van der Waals surface area contributed by atoms with Crippen molar-refractivity contribution in [3.05, 3.63) is 69.3 Å². The maximum absolute atomic E-state index is 12.1. The highest BCUT2D eigenvalue weighted by Gasteiger charge is 2.27. The number of hydrogen-bond donors (Lipinski definition) is 0. The van der Waals surface area contributed by atoms with Crippen molar-refractivity contribution in [2.24, 2.45) is 5.92 Å². The molecule has 1 atom stereocenters. The summed E-state index contributed by atoms with van der Waals surface area (Å²) in [6.45, 7) is 5.16. The SMILES string of the molecule is C/C=C(C)\C=C(/C(C)=O)C(COC1CCC(c2ccccc2)CC1)C[N+](=O)[O-]. The molecule has 0 bridgehead atoms. The molecular weight excluding hydrogens is 354 g/mol. The number of allylic oxidation sites excluding steroid dienone is 3. The first kappa shape index (κ1) is 22.0. The highest BCUT2D eigenvalue weighted by atomic mass is 16.6. The standard InChI is InChI=1S/C23H31NO4/c1-4-17(2)14-23(18(3)25)21(15-24(26)27)16-28-22-12-10-20(11-13-22)19-8-6-5-7-9-19/h4-9,14,20-22H,10-13,15-16H2,1-3H3/b17-4-,23-14+. The first-order valence-corrected chi connectivity index (χ1v) is 10.0. The van der Waals surface area contributed by atoms with Crippen molar-refractivity contribution >= 4 is 5.78 Å². The highest BCUT2D eigenvalue weighted by molar-refractivity contribution is 5.94. The molecule has 1 aromatic rings. The summed E-state index contributed by atoms with van der Waals surface area (Å²) in [6.07, 6.45) is 7.74. The average molecular weight is 386 g/mol. The van der Waals surface area contributed by atoms with Gasteiger partial charge in [0.1, 0.15) is 0 Å². The molecule has 1 aliphatic carbocycles. The van der Waals surface area contributed by atoms with Crippen LogP contribution in [0, 0.1) is 16.0 Å². The third-order valence-corrected chi connectivity index (χ3v) is 5.53. The molecule has 5 heteroatoms. The predicted molar refractivity (Wildman–Crippen MR) is 111 cm³/mol. The van der Waals surface area contributed by atoms with Gasteiger partial charge in [-0.05, 0) is 57.9 Å². The number of benzene rings is 1. The summed E-state index contributed by atoms with van der Waals surface area (Å²) < 4.78 is 6.06. The van der Waals surface area contributed by atoms with Crippen molar-refractivity contribution in [3.8, 4) is 0 Å². The van der Waals surface area contributed by atoms with Crippen LogP contribution in [-0.4, -0.2) is 30.0 Å². The van der Waals surface area contributed by atoms with E-state index < -0.39 is 5.92 Å². The van der Waals surface area contributed by atoms with Gasteiger partial charge < -0.3 is 4.74 Å². The van der Waals surface area contributed by atoms with E-state index in [1.807, 2.05) is 26.0 Å². The van der Waals surface area contributed by atoms with E-state index in [0.29, 0.717) is 11.5 Å². The average Bonchev–Trinajstić information content (AvgIpc) is 2.69. The molecular formula is C23H31NO4. The van der Waals surface area contributed by atoms with E-state index >= 15 is 0 Å². The summed E-state index contributed by atoms with van der Waals surface area (Å²) in [6, 6.07) is 10.5. The minimum atomic E-state index is -0.519. The van der Waals surface area contributed by atoms with Crippen LogP contribution >= 0.6 is 0 Å². The Balaban J connectivity index is 1.97. The van der Waals surface area contributed by atoms with Crippen molar-refractivity contribution in [1.82, 2.24) is 0 Å². The van der Waals surface area contributed by atoms with Crippen molar-refractivity contribution in [3.63, 3.8) is 0 Å². The smallest absolute Gasteiger partial charge is 0.213 e. The molecule has 1 saturated carbocycles. The number of carbonyl (C=O) groups is 1. The van der Waals surface area contributed by atoms with Crippen LogP contribution < -0.4 is 0 Å². The Hall–Kier alpha value is -2.27. The summed E-state index contributed by atoms with van der Waals surface area (Å²) in [5.74, 6) is -0.0978. The van der Waals surface area contributed by atoms with Gasteiger partial charge in [-0.25, -0.2) is 0 Å². The topological polar surface area (TPSA) is 69.4 Å². The van der Waals surface area contributed by atoms with Gasteiger partial charge in [0.2, 0.25) is 6.54 Å². The van der Waals surface area contributed by atoms with Crippen molar-refractivity contribution in [1.29, 1.82) is 0 Å². The van der Waals surface area contributed by atoms with Gasteiger partial charge in [-0.2, -0.15) is 0 Å². The van der Waals surface area contributed by atoms with Crippen LogP contribution in [0.3, 0.4) is 0 Å². The highest BCUT2D eigenvalue weighted by Crippen LogP contribution is 2.34. The lowest BCUT2D eigenvalue weighted by atomic mass is 9.82. The van der Waals surface area contributed by atoms with Gasteiger partial charge in [-0.1, -0.05) is 48.1 Å². The predicted octanol–water partition coefficient (Wildman–Crippen LogP) is 5.10. The number of nitro groups is 1. The summed E-state index contributed by atoms with van der Waals surface area (Å²) in [7, 11) is 0. The van der Waals surface area contributed by atoms with Gasteiger partial charge in [0.25, 0.3) is 0 Å². The zero-order chi connectivity index (χ0) is 20.5. The van der Waals surface area contributed by atoms with Crippen LogP contribution in [0.5, 0.6) is 0 Å². The summed E-state index contributed by atoms with van der Waals surface area (Å²) in [4.78, 5) is 22.9. The summed E-state index contributed by atoms with van der Waals surface area (Å²) in [5.41, 5.74) is 2.77. The van der Waals surface area contributed by atoms with Crippen LogP contribution in [-0.2, 0) is 9.53 Å². The lowest BCUT2D eigenvalue weighted by Gasteiger charge is -2.30. The Morgan fingerprint density at radius 2 is 1.86 bits per heavy atom. The molecule has 1 aliphatic rings. The van der Waals surface area contributed by atoms with E-state index in [9.17, 15) is 14.9 Å². The van der Waals surface area contributed by atoms with E-state index in [1.54, 1.807) is 6.08 Å². The number of Topliss-reactive ketones (excluding diaryl/α,β-unsaturated/α-hetero) is 1. The largest absolute Gasteiger partial charge is 0.377 e. The fourth-order valence-electron chi connectivity index (χ4n) is 3.80. The molecule has 0 saturated heterocycles. The first-order valence-electron chi connectivity index (χ1n) is 10.0. The molecule has 152 valence electrons. The number of ether oxygens (including phenoxy) is 1. The molecule has 0 N–H and O–H groups in total.